The Morgan fingerprint density at radius 3 is 3.00 bits per heavy atom. The fourth-order valence-electron chi connectivity index (χ4n) is 2.53. The van der Waals surface area contributed by atoms with Crippen LogP contribution in [-0.4, -0.2) is 17.8 Å². The number of alkyl halides is 1. The van der Waals surface area contributed by atoms with Gasteiger partial charge in [0.2, 0.25) is 0 Å². The summed E-state index contributed by atoms with van der Waals surface area (Å²) in [5.74, 6) is 0.744. The van der Waals surface area contributed by atoms with Crippen molar-refractivity contribution in [3.05, 3.63) is 21.4 Å². The highest BCUT2D eigenvalue weighted by Crippen LogP contribution is 2.29. The third-order valence-electron chi connectivity index (χ3n) is 3.62. The lowest BCUT2D eigenvalue weighted by molar-refractivity contribution is 0.0942. The molecule has 1 aromatic heterocycles. The second kappa shape index (κ2) is 7.30. The number of hydrogen-bond donors (Lipinski definition) is 1. The standard InChI is InChI=1S/C15H22ClNOS/c1-11(6-5-9-16)17-15(18)14-10-12-7-3-2-4-8-13(12)19-14/h10-11H,2-9H2,1H3,(H,17,18). The number of carbonyl (C=O) groups is 1. The molecule has 2 rings (SSSR count). The Morgan fingerprint density at radius 1 is 1.42 bits per heavy atom. The smallest absolute Gasteiger partial charge is 0.261 e. The number of nitrogens with one attached hydrogen (secondary N) is 1. The van der Waals surface area contributed by atoms with Gasteiger partial charge in [-0.3, -0.25) is 4.79 Å². The van der Waals surface area contributed by atoms with Gasteiger partial charge < -0.3 is 5.32 Å². The molecule has 106 valence electrons. The molecule has 0 bridgehead atoms. The molecule has 1 heterocycles. The molecule has 0 saturated carbocycles. The van der Waals surface area contributed by atoms with Crippen molar-refractivity contribution >= 4 is 28.8 Å². The Labute approximate surface area is 124 Å². The van der Waals surface area contributed by atoms with E-state index in [4.69, 9.17) is 11.6 Å². The van der Waals surface area contributed by atoms with Crippen LogP contribution in [0.1, 0.15) is 59.1 Å². The molecule has 0 spiro atoms. The third-order valence-corrected chi connectivity index (χ3v) is 5.12. The first kappa shape index (κ1) is 14.9. The number of hydrogen-bond acceptors (Lipinski definition) is 2. The highest BCUT2D eigenvalue weighted by molar-refractivity contribution is 7.14. The number of amides is 1. The summed E-state index contributed by atoms with van der Waals surface area (Å²) in [7, 11) is 0. The van der Waals surface area contributed by atoms with Crippen molar-refractivity contribution in [1.29, 1.82) is 0 Å². The molecule has 1 unspecified atom stereocenters. The summed E-state index contributed by atoms with van der Waals surface area (Å²) >= 11 is 7.36. The summed E-state index contributed by atoms with van der Waals surface area (Å²) in [6.07, 6.45) is 8.02. The van der Waals surface area contributed by atoms with Gasteiger partial charge in [0.1, 0.15) is 0 Å². The fourth-order valence-corrected chi connectivity index (χ4v) is 3.84. The van der Waals surface area contributed by atoms with E-state index in [-0.39, 0.29) is 11.9 Å². The predicted octanol–water partition coefficient (Wildman–Crippen LogP) is 4.15. The zero-order valence-electron chi connectivity index (χ0n) is 11.5. The summed E-state index contributed by atoms with van der Waals surface area (Å²) in [6.45, 7) is 2.04. The van der Waals surface area contributed by atoms with Crippen molar-refractivity contribution in [2.75, 3.05) is 5.88 Å². The topological polar surface area (TPSA) is 29.1 Å². The summed E-state index contributed by atoms with van der Waals surface area (Å²) < 4.78 is 0. The third kappa shape index (κ3) is 4.22. The first-order valence-electron chi connectivity index (χ1n) is 7.19. The van der Waals surface area contributed by atoms with E-state index in [0.29, 0.717) is 5.88 Å². The molecule has 19 heavy (non-hydrogen) atoms. The largest absolute Gasteiger partial charge is 0.349 e. The predicted molar refractivity (Wildman–Crippen MR) is 82.5 cm³/mol. The van der Waals surface area contributed by atoms with E-state index < -0.39 is 0 Å². The fraction of sp³-hybridized carbons (Fsp3) is 0.667. The molecular weight excluding hydrogens is 278 g/mol. The van der Waals surface area contributed by atoms with Gasteiger partial charge in [-0.15, -0.1) is 22.9 Å². The maximum atomic E-state index is 12.2. The van der Waals surface area contributed by atoms with Gasteiger partial charge in [0.05, 0.1) is 4.88 Å². The lowest BCUT2D eigenvalue weighted by atomic mass is 10.1. The monoisotopic (exact) mass is 299 g/mol. The molecule has 2 nitrogen and oxygen atoms in total. The average molecular weight is 300 g/mol. The zero-order valence-corrected chi connectivity index (χ0v) is 13.1. The van der Waals surface area contributed by atoms with Crippen LogP contribution in [0.2, 0.25) is 0 Å². The second-order valence-corrected chi connectivity index (χ2v) is 6.84. The normalized spacial score (nSPS) is 16.5. The van der Waals surface area contributed by atoms with Crippen LogP contribution in [0, 0.1) is 0 Å². The Bertz CT molecular complexity index is 406. The minimum absolute atomic E-state index is 0.0835. The Morgan fingerprint density at radius 2 is 2.21 bits per heavy atom. The Kier molecular flexibility index (Phi) is 5.71. The van der Waals surface area contributed by atoms with Crippen LogP contribution in [0.4, 0.5) is 0 Å². The quantitative estimate of drug-likeness (QED) is 0.642. The van der Waals surface area contributed by atoms with E-state index in [1.807, 2.05) is 6.92 Å². The van der Waals surface area contributed by atoms with Gasteiger partial charge in [0.25, 0.3) is 5.91 Å². The summed E-state index contributed by atoms with van der Waals surface area (Å²) in [5.41, 5.74) is 1.40. The number of fused-ring (bicyclic) bond motifs is 1. The molecule has 1 aliphatic carbocycles. The van der Waals surface area contributed by atoms with E-state index in [9.17, 15) is 4.79 Å². The molecular formula is C15H22ClNOS. The lowest BCUT2D eigenvalue weighted by Gasteiger charge is -2.11. The first-order chi connectivity index (χ1) is 9.20. The van der Waals surface area contributed by atoms with Gasteiger partial charge in [-0.2, -0.15) is 0 Å². The molecule has 1 N–H and O–H groups in total. The highest BCUT2D eigenvalue weighted by atomic mass is 35.5. The number of carbonyl (C=O) groups excluding carboxylic acids is 1. The number of aryl methyl sites for hydroxylation is 2. The van der Waals surface area contributed by atoms with E-state index in [0.717, 1.165) is 30.6 Å². The van der Waals surface area contributed by atoms with E-state index in [1.54, 1.807) is 11.3 Å². The zero-order chi connectivity index (χ0) is 13.7. The van der Waals surface area contributed by atoms with Crippen LogP contribution >= 0.6 is 22.9 Å². The van der Waals surface area contributed by atoms with Gasteiger partial charge in [0, 0.05) is 16.8 Å². The molecule has 0 radical (unpaired) electrons. The average Bonchev–Trinajstić information content (AvgIpc) is 2.68. The van der Waals surface area contributed by atoms with Crippen LogP contribution in [0.3, 0.4) is 0 Å². The van der Waals surface area contributed by atoms with Gasteiger partial charge in [-0.05, 0) is 57.1 Å². The first-order valence-corrected chi connectivity index (χ1v) is 8.54. The summed E-state index contributed by atoms with van der Waals surface area (Å²) in [4.78, 5) is 14.5. The summed E-state index contributed by atoms with van der Waals surface area (Å²) in [6, 6.07) is 2.31. The molecule has 1 aromatic rings. The second-order valence-electron chi connectivity index (χ2n) is 5.33. The van der Waals surface area contributed by atoms with Gasteiger partial charge in [-0.25, -0.2) is 0 Å². The molecule has 0 fully saturated rings. The molecule has 0 aromatic carbocycles. The van der Waals surface area contributed by atoms with Crippen LogP contribution < -0.4 is 5.32 Å². The SMILES string of the molecule is CC(CCCCl)NC(=O)c1cc2c(s1)CCCCC2. The molecule has 0 aliphatic heterocycles. The van der Waals surface area contributed by atoms with Crippen molar-refractivity contribution in [1.82, 2.24) is 5.32 Å². The van der Waals surface area contributed by atoms with Crippen molar-refractivity contribution in [3.63, 3.8) is 0 Å². The Balaban J connectivity index is 1.96. The molecule has 1 atom stereocenters. The number of halogens is 1. The number of thiophene rings is 1. The maximum absolute atomic E-state index is 12.2. The van der Waals surface area contributed by atoms with Crippen LogP contribution in [0.15, 0.2) is 6.07 Å². The minimum atomic E-state index is 0.0835. The lowest BCUT2D eigenvalue weighted by Crippen LogP contribution is -2.32. The number of rotatable bonds is 5. The van der Waals surface area contributed by atoms with E-state index in [2.05, 4.69) is 11.4 Å². The molecule has 1 aliphatic rings. The van der Waals surface area contributed by atoms with E-state index in [1.165, 1.54) is 29.7 Å². The Hall–Kier alpha value is -0.540. The van der Waals surface area contributed by atoms with Crippen molar-refractivity contribution in [3.8, 4) is 0 Å². The van der Waals surface area contributed by atoms with Crippen LogP contribution in [-0.2, 0) is 12.8 Å². The van der Waals surface area contributed by atoms with Crippen molar-refractivity contribution in [2.24, 2.45) is 0 Å². The van der Waals surface area contributed by atoms with Gasteiger partial charge >= 0.3 is 0 Å². The molecule has 4 heteroatoms. The molecule has 1 amide bonds. The van der Waals surface area contributed by atoms with Gasteiger partial charge in [0.15, 0.2) is 0 Å². The maximum Gasteiger partial charge on any atom is 0.261 e. The van der Waals surface area contributed by atoms with Crippen LogP contribution in [0.5, 0.6) is 0 Å². The van der Waals surface area contributed by atoms with Crippen molar-refractivity contribution in [2.45, 2.75) is 57.9 Å². The highest BCUT2D eigenvalue weighted by Gasteiger charge is 2.17. The van der Waals surface area contributed by atoms with Gasteiger partial charge in [-0.1, -0.05) is 6.42 Å². The molecule has 0 saturated heterocycles. The summed E-state index contributed by atoms with van der Waals surface area (Å²) in [5, 5.41) is 3.07. The minimum Gasteiger partial charge on any atom is -0.349 e. The van der Waals surface area contributed by atoms with E-state index >= 15 is 0 Å². The van der Waals surface area contributed by atoms with Crippen LogP contribution in [0.25, 0.3) is 0 Å². The van der Waals surface area contributed by atoms with Crippen molar-refractivity contribution < 1.29 is 4.79 Å².